The molecular weight excluding hydrogens is 364 g/mol. The fraction of sp³-hybridized carbons (Fsp3) is 0.143. The highest BCUT2D eigenvalue weighted by atomic mass is 15.2. The molecule has 2 heteroatoms. The number of nitrogens with zero attached hydrogens (tertiary/aromatic N) is 2. The second-order valence-corrected chi connectivity index (χ2v) is 8.70. The van der Waals surface area contributed by atoms with Gasteiger partial charge in [-0.15, -0.1) is 0 Å². The highest BCUT2D eigenvalue weighted by Gasteiger charge is 2.27. The highest BCUT2D eigenvalue weighted by molar-refractivity contribution is 6.13. The van der Waals surface area contributed by atoms with Crippen molar-refractivity contribution in [1.82, 2.24) is 4.57 Å². The first kappa shape index (κ1) is 18.5. The van der Waals surface area contributed by atoms with E-state index in [0.29, 0.717) is 0 Å². The fourth-order valence-electron chi connectivity index (χ4n) is 4.49. The molecule has 30 heavy (non-hydrogen) atoms. The van der Waals surface area contributed by atoms with Crippen LogP contribution in [-0.4, -0.2) is 10.1 Å². The van der Waals surface area contributed by atoms with E-state index < -0.39 is 0 Å². The van der Waals surface area contributed by atoms with E-state index in [-0.39, 0.29) is 5.54 Å². The minimum Gasteiger partial charge on any atom is -0.334 e. The lowest BCUT2D eigenvalue weighted by atomic mass is 10.0. The minimum absolute atomic E-state index is 0.0897. The van der Waals surface area contributed by atoms with E-state index in [2.05, 4.69) is 133 Å². The van der Waals surface area contributed by atoms with E-state index in [1.807, 2.05) is 0 Å². The van der Waals surface area contributed by atoms with Gasteiger partial charge in [-0.3, -0.25) is 0 Å². The van der Waals surface area contributed by atoms with Crippen molar-refractivity contribution in [3.05, 3.63) is 103 Å². The molecule has 0 aliphatic carbocycles. The van der Waals surface area contributed by atoms with Crippen LogP contribution in [0, 0.1) is 0 Å². The first-order valence-electron chi connectivity index (χ1n) is 10.5. The van der Waals surface area contributed by atoms with E-state index in [9.17, 15) is 0 Å². The molecule has 5 rings (SSSR count). The Morgan fingerprint density at radius 1 is 0.600 bits per heavy atom. The minimum atomic E-state index is -0.0897. The molecule has 5 aromatic rings. The maximum Gasteiger partial charge on any atom is 0.0778 e. The van der Waals surface area contributed by atoms with Crippen LogP contribution in [0.4, 0.5) is 11.4 Å². The van der Waals surface area contributed by atoms with Crippen molar-refractivity contribution in [3.63, 3.8) is 0 Å². The normalized spacial score (nSPS) is 11.8. The molecule has 0 spiro atoms. The van der Waals surface area contributed by atoms with Gasteiger partial charge in [-0.2, -0.15) is 0 Å². The van der Waals surface area contributed by atoms with Gasteiger partial charge in [0.2, 0.25) is 0 Å². The Kier molecular flexibility index (Phi) is 4.36. The maximum absolute atomic E-state index is 2.45. The molecule has 148 valence electrons. The van der Waals surface area contributed by atoms with E-state index in [4.69, 9.17) is 0 Å². The molecule has 0 radical (unpaired) electrons. The Morgan fingerprint density at radius 2 is 1.20 bits per heavy atom. The Hall–Kier alpha value is -3.52. The van der Waals surface area contributed by atoms with Gasteiger partial charge in [0.15, 0.2) is 0 Å². The molecule has 0 amide bonds. The zero-order valence-electron chi connectivity index (χ0n) is 17.7. The zero-order valence-corrected chi connectivity index (χ0v) is 17.7. The molecule has 0 saturated heterocycles. The molecular formula is C28H26N2. The Morgan fingerprint density at radius 3 is 1.90 bits per heavy atom. The van der Waals surface area contributed by atoms with Crippen LogP contribution in [-0.2, 0) is 0 Å². The molecule has 0 N–H and O–H groups in total. The van der Waals surface area contributed by atoms with Gasteiger partial charge in [0.1, 0.15) is 0 Å². The van der Waals surface area contributed by atoms with Gasteiger partial charge < -0.3 is 9.47 Å². The largest absolute Gasteiger partial charge is 0.334 e. The van der Waals surface area contributed by atoms with Gasteiger partial charge in [-0.1, -0.05) is 66.7 Å². The summed E-state index contributed by atoms with van der Waals surface area (Å²) in [5.74, 6) is 0. The van der Waals surface area contributed by atoms with E-state index in [1.54, 1.807) is 0 Å². The second-order valence-electron chi connectivity index (χ2n) is 8.70. The van der Waals surface area contributed by atoms with Gasteiger partial charge >= 0.3 is 0 Å². The third kappa shape index (κ3) is 2.96. The van der Waals surface area contributed by atoms with Crippen molar-refractivity contribution in [1.29, 1.82) is 0 Å². The van der Waals surface area contributed by atoms with Crippen molar-refractivity contribution < 1.29 is 0 Å². The van der Waals surface area contributed by atoms with Crippen LogP contribution in [0.3, 0.4) is 0 Å². The number of benzene rings is 4. The maximum atomic E-state index is 2.45. The van der Waals surface area contributed by atoms with E-state index >= 15 is 0 Å². The number of rotatable bonds is 3. The molecule has 1 aromatic heterocycles. The fourth-order valence-corrected chi connectivity index (χ4v) is 4.49. The molecule has 0 aliphatic heterocycles. The van der Waals surface area contributed by atoms with Crippen LogP contribution in [0.5, 0.6) is 0 Å². The smallest absolute Gasteiger partial charge is 0.0778 e. The van der Waals surface area contributed by atoms with Crippen LogP contribution in [0.15, 0.2) is 103 Å². The number of anilines is 2. The molecule has 0 bridgehead atoms. The number of fused-ring (bicyclic) bond motifs is 3. The van der Waals surface area contributed by atoms with Gasteiger partial charge in [0.25, 0.3) is 0 Å². The summed E-state index contributed by atoms with van der Waals surface area (Å²) in [5, 5.41) is 2.55. The molecule has 1 heterocycles. The Bertz CT molecular complexity index is 1310. The summed E-state index contributed by atoms with van der Waals surface area (Å²) in [5.41, 5.74) is 5.97. The third-order valence-corrected chi connectivity index (χ3v) is 5.61. The van der Waals surface area contributed by atoms with Crippen molar-refractivity contribution in [3.8, 4) is 5.69 Å². The van der Waals surface area contributed by atoms with Gasteiger partial charge in [0, 0.05) is 27.7 Å². The van der Waals surface area contributed by atoms with Crippen LogP contribution in [0.1, 0.15) is 20.8 Å². The molecule has 0 saturated carbocycles. The topological polar surface area (TPSA) is 8.17 Å². The molecule has 0 aliphatic rings. The zero-order chi connectivity index (χ0) is 20.7. The summed E-state index contributed by atoms with van der Waals surface area (Å²) < 4.78 is 2.40. The summed E-state index contributed by atoms with van der Waals surface area (Å²) in [4.78, 5) is 2.45. The third-order valence-electron chi connectivity index (χ3n) is 5.61. The monoisotopic (exact) mass is 390 g/mol. The quantitative estimate of drug-likeness (QED) is 0.306. The molecule has 2 nitrogen and oxygen atoms in total. The number of para-hydroxylation sites is 4. The van der Waals surface area contributed by atoms with Crippen LogP contribution < -0.4 is 4.90 Å². The van der Waals surface area contributed by atoms with Crippen LogP contribution in [0.25, 0.3) is 27.5 Å². The van der Waals surface area contributed by atoms with E-state index in [1.165, 1.54) is 38.9 Å². The predicted molar refractivity (Wildman–Crippen MR) is 129 cm³/mol. The van der Waals surface area contributed by atoms with Gasteiger partial charge in [-0.05, 0) is 57.2 Å². The molecule has 0 unspecified atom stereocenters. The van der Waals surface area contributed by atoms with E-state index in [0.717, 1.165) is 0 Å². The number of hydrogen-bond acceptors (Lipinski definition) is 1. The summed E-state index contributed by atoms with van der Waals surface area (Å²) >= 11 is 0. The van der Waals surface area contributed by atoms with Gasteiger partial charge in [0.05, 0.1) is 16.7 Å². The SMILES string of the molecule is CC(C)(C)N(c1ccccc1)c1cccc2c3ccccc3n(-c3ccccc3)c12. The van der Waals surface area contributed by atoms with Crippen molar-refractivity contribution >= 4 is 33.2 Å². The summed E-state index contributed by atoms with van der Waals surface area (Å²) in [6.07, 6.45) is 0. The lowest BCUT2D eigenvalue weighted by Crippen LogP contribution is -2.37. The average molecular weight is 391 g/mol. The molecule has 4 aromatic carbocycles. The van der Waals surface area contributed by atoms with Crippen LogP contribution >= 0.6 is 0 Å². The van der Waals surface area contributed by atoms with Crippen molar-refractivity contribution in [2.45, 2.75) is 26.3 Å². The average Bonchev–Trinajstić information content (AvgIpc) is 3.10. The summed E-state index contributed by atoms with van der Waals surface area (Å²) in [7, 11) is 0. The Labute approximate surface area is 178 Å². The molecule has 0 atom stereocenters. The molecule has 0 fully saturated rings. The first-order valence-corrected chi connectivity index (χ1v) is 10.5. The highest BCUT2D eigenvalue weighted by Crippen LogP contribution is 2.42. The predicted octanol–water partition coefficient (Wildman–Crippen LogP) is 7.72. The Balaban J connectivity index is 1.93. The van der Waals surface area contributed by atoms with Crippen molar-refractivity contribution in [2.24, 2.45) is 0 Å². The summed E-state index contributed by atoms with van der Waals surface area (Å²) in [6.45, 7) is 6.82. The number of aromatic nitrogens is 1. The van der Waals surface area contributed by atoms with Gasteiger partial charge in [-0.25, -0.2) is 0 Å². The number of hydrogen-bond donors (Lipinski definition) is 0. The van der Waals surface area contributed by atoms with Crippen LogP contribution in [0.2, 0.25) is 0 Å². The standard InChI is InChI=1S/C28H26N2/c1-28(2,3)30(22-15-8-5-9-16-22)26-20-12-18-24-23-17-10-11-19-25(23)29(27(24)26)21-13-6-4-7-14-21/h4-20H,1-3H3. The second kappa shape index (κ2) is 7.07. The first-order chi connectivity index (χ1) is 14.6. The lowest BCUT2D eigenvalue weighted by Gasteiger charge is -2.38. The van der Waals surface area contributed by atoms with Crippen molar-refractivity contribution in [2.75, 3.05) is 4.90 Å². The summed E-state index contributed by atoms with van der Waals surface area (Å²) in [6, 6.07) is 36.7. The lowest BCUT2D eigenvalue weighted by molar-refractivity contribution is 0.561.